The number of nitro benzene ring substituents is 2. The number of nitro groups is 2. The van der Waals surface area contributed by atoms with Crippen molar-refractivity contribution in [2.75, 3.05) is 26.2 Å². The van der Waals surface area contributed by atoms with Gasteiger partial charge in [0.25, 0.3) is 11.4 Å². The number of carbonyl (C=O) groups excluding carboxylic acids is 2. The van der Waals surface area contributed by atoms with Crippen LogP contribution in [0.5, 0.6) is 0 Å². The Hall–Kier alpha value is -4.08. The number of amides is 2. The first kappa shape index (κ1) is 34.8. The molecule has 1 N–H and O–H groups in total. The molecular formula is C31H42N4O10Si. The van der Waals surface area contributed by atoms with Crippen molar-refractivity contribution in [3.8, 4) is 0 Å². The molecule has 15 heteroatoms. The van der Waals surface area contributed by atoms with Gasteiger partial charge in [0.2, 0.25) is 0 Å². The van der Waals surface area contributed by atoms with Crippen LogP contribution in [0.2, 0.25) is 18.1 Å². The highest BCUT2D eigenvalue weighted by Gasteiger charge is 2.50. The second-order valence-corrected chi connectivity index (χ2v) is 18.2. The van der Waals surface area contributed by atoms with Gasteiger partial charge in [-0.15, -0.1) is 0 Å². The fourth-order valence-electron chi connectivity index (χ4n) is 5.69. The Morgan fingerprint density at radius 1 is 0.870 bits per heavy atom. The smallest absolute Gasteiger partial charge is 0.410 e. The van der Waals surface area contributed by atoms with E-state index in [9.17, 15) is 34.9 Å². The Morgan fingerprint density at radius 3 is 1.83 bits per heavy atom. The van der Waals surface area contributed by atoms with Crippen molar-refractivity contribution in [3.63, 3.8) is 0 Å². The van der Waals surface area contributed by atoms with Crippen LogP contribution in [0.3, 0.4) is 0 Å². The minimum atomic E-state index is -2.20. The number of benzene rings is 2. The van der Waals surface area contributed by atoms with Gasteiger partial charge in [0.1, 0.15) is 13.2 Å². The van der Waals surface area contributed by atoms with Crippen molar-refractivity contribution < 1.29 is 38.4 Å². The number of nitrogens with zero attached hydrogens (tertiary/aromatic N) is 4. The van der Waals surface area contributed by atoms with E-state index in [0.29, 0.717) is 17.5 Å². The molecule has 14 nitrogen and oxygen atoms in total. The predicted molar refractivity (Wildman–Crippen MR) is 169 cm³/mol. The number of aliphatic hydroxyl groups is 1. The summed E-state index contributed by atoms with van der Waals surface area (Å²) < 4.78 is 17.9. The number of carbonyl (C=O) groups is 2. The Bertz CT molecular complexity index is 1410. The van der Waals surface area contributed by atoms with Crippen LogP contribution in [0.15, 0.2) is 48.5 Å². The maximum Gasteiger partial charge on any atom is 0.410 e. The molecule has 0 radical (unpaired) electrons. The third-order valence-electron chi connectivity index (χ3n) is 9.30. The summed E-state index contributed by atoms with van der Waals surface area (Å²) in [6, 6.07) is 11.1. The maximum atomic E-state index is 13.5. The lowest BCUT2D eigenvalue weighted by molar-refractivity contribution is -0.385. The zero-order chi connectivity index (χ0) is 33.8. The normalized spacial score (nSPS) is 21.7. The molecule has 0 aromatic heterocycles. The zero-order valence-electron chi connectivity index (χ0n) is 26.8. The lowest BCUT2D eigenvalue weighted by Crippen LogP contribution is -2.45. The second-order valence-electron chi connectivity index (χ2n) is 13.4. The molecule has 2 amide bonds. The molecular weight excluding hydrogens is 616 g/mol. The molecule has 2 aromatic rings. The summed E-state index contributed by atoms with van der Waals surface area (Å²) >= 11 is 0. The van der Waals surface area contributed by atoms with Crippen molar-refractivity contribution in [1.29, 1.82) is 0 Å². The quantitative estimate of drug-likeness (QED) is 0.195. The van der Waals surface area contributed by atoms with E-state index in [4.69, 9.17) is 13.9 Å². The predicted octanol–water partition coefficient (Wildman–Crippen LogP) is 5.48. The first-order valence-corrected chi connectivity index (χ1v) is 18.1. The van der Waals surface area contributed by atoms with Crippen LogP contribution in [0.4, 0.5) is 21.0 Å². The largest absolute Gasteiger partial charge is 0.445 e. The average Bonchev–Trinajstić information content (AvgIpc) is 3.62. The standard InChI is InChI=1S/C31H42N4O10Si/c1-31(2,3)46(4,5)45-26-14-28(33(16-26)30(38)44-20-22-8-12-25(13-9-22)35(41)42)27-17-32(15-23(27)18-36)29(37)43-19-21-6-10-24(11-7-21)34(39)40/h6-13,23,26-28,36H,14-20H2,1-5H3/t23?,26-,27?,28+/m1/s1. The molecule has 2 saturated heterocycles. The van der Waals surface area contributed by atoms with Crippen LogP contribution in [-0.2, 0) is 27.1 Å². The summed E-state index contributed by atoms with van der Waals surface area (Å²) in [5.41, 5.74) is 1.07. The number of rotatable bonds is 10. The van der Waals surface area contributed by atoms with Crippen molar-refractivity contribution in [2.45, 2.75) is 70.7 Å². The Labute approximate surface area is 268 Å². The van der Waals surface area contributed by atoms with E-state index in [2.05, 4.69) is 33.9 Å². The van der Waals surface area contributed by atoms with E-state index >= 15 is 0 Å². The topological polar surface area (TPSA) is 175 Å². The summed E-state index contributed by atoms with van der Waals surface area (Å²) in [7, 11) is -2.20. The van der Waals surface area contributed by atoms with Crippen LogP contribution in [0.1, 0.15) is 38.3 Å². The van der Waals surface area contributed by atoms with Gasteiger partial charge in [0.05, 0.1) is 16.0 Å². The highest BCUT2D eigenvalue weighted by molar-refractivity contribution is 6.74. The van der Waals surface area contributed by atoms with E-state index in [1.165, 1.54) is 53.4 Å². The van der Waals surface area contributed by atoms with E-state index in [1.54, 1.807) is 4.90 Å². The molecule has 2 heterocycles. The SMILES string of the molecule is CC(C)(C)[Si](C)(C)O[C@@H]1C[C@@H](C2CN(C(=O)OCc3ccc([N+](=O)[O-])cc3)CC2CO)N(C(=O)OCc2ccc([N+](=O)[O-])cc2)C1. The van der Waals surface area contributed by atoms with Crippen molar-refractivity contribution in [1.82, 2.24) is 9.80 Å². The molecule has 4 rings (SSSR count). The number of likely N-dealkylation sites (tertiary alicyclic amines) is 2. The summed E-state index contributed by atoms with van der Waals surface area (Å²) in [5, 5.41) is 32.2. The first-order valence-electron chi connectivity index (χ1n) is 15.2. The summed E-state index contributed by atoms with van der Waals surface area (Å²) in [4.78, 5) is 50.7. The van der Waals surface area contributed by atoms with E-state index in [1.807, 2.05) is 0 Å². The number of non-ortho nitro benzene ring substituents is 2. The summed E-state index contributed by atoms with van der Waals surface area (Å²) in [5.74, 6) is -0.606. The molecule has 46 heavy (non-hydrogen) atoms. The van der Waals surface area contributed by atoms with Crippen molar-refractivity contribution in [2.24, 2.45) is 11.8 Å². The summed E-state index contributed by atoms with van der Waals surface area (Å²) in [6.07, 6.45) is -0.911. The highest BCUT2D eigenvalue weighted by atomic mass is 28.4. The minimum absolute atomic E-state index is 0.0580. The average molecular weight is 659 g/mol. The molecule has 0 spiro atoms. The molecule has 0 aliphatic carbocycles. The van der Waals surface area contributed by atoms with Gasteiger partial charge < -0.3 is 28.8 Å². The minimum Gasteiger partial charge on any atom is -0.445 e. The van der Waals surface area contributed by atoms with Crippen molar-refractivity contribution >= 4 is 31.9 Å². The molecule has 2 aliphatic heterocycles. The molecule has 4 atom stereocenters. The van der Waals surface area contributed by atoms with Gasteiger partial charge in [-0.3, -0.25) is 20.2 Å². The molecule has 250 valence electrons. The maximum absolute atomic E-state index is 13.5. The monoisotopic (exact) mass is 658 g/mol. The molecule has 0 saturated carbocycles. The fraction of sp³-hybridized carbons (Fsp3) is 0.548. The molecule has 0 bridgehead atoms. The van der Waals surface area contributed by atoms with E-state index < -0.39 is 30.4 Å². The third-order valence-corrected chi connectivity index (χ3v) is 13.8. The highest BCUT2D eigenvalue weighted by Crippen LogP contribution is 2.41. The number of hydrogen-bond acceptors (Lipinski definition) is 10. The van der Waals surface area contributed by atoms with Gasteiger partial charge in [-0.1, -0.05) is 20.8 Å². The Balaban J connectivity index is 1.47. The number of ether oxygens (including phenoxy) is 2. The number of hydrogen-bond donors (Lipinski definition) is 1. The third kappa shape index (κ3) is 8.19. The molecule has 2 aromatic carbocycles. The number of aliphatic hydroxyl groups excluding tert-OH is 1. The van der Waals surface area contributed by atoms with Crippen LogP contribution in [0.25, 0.3) is 0 Å². The second kappa shape index (κ2) is 14.1. The Kier molecular flexibility index (Phi) is 10.7. The van der Waals surface area contributed by atoms with Crippen LogP contribution in [0, 0.1) is 32.1 Å². The van der Waals surface area contributed by atoms with Gasteiger partial charge in [-0.2, -0.15) is 0 Å². The Morgan fingerprint density at radius 2 is 1.37 bits per heavy atom. The van der Waals surface area contributed by atoms with Gasteiger partial charge in [-0.25, -0.2) is 9.59 Å². The fourth-order valence-corrected chi connectivity index (χ4v) is 7.04. The zero-order valence-corrected chi connectivity index (χ0v) is 27.8. The van der Waals surface area contributed by atoms with Gasteiger partial charge in [0, 0.05) is 68.4 Å². The lowest BCUT2D eigenvalue weighted by atomic mass is 9.88. The first-order chi connectivity index (χ1) is 21.6. The van der Waals surface area contributed by atoms with Gasteiger partial charge in [0.15, 0.2) is 8.32 Å². The van der Waals surface area contributed by atoms with Gasteiger partial charge in [-0.05, 0) is 59.9 Å². The molecule has 2 fully saturated rings. The molecule has 2 unspecified atom stereocenters. The van der Waals surface area contributed by atoms with Crippen LogP contribution >= 0.6 is 0 Å². The van der Waals surface area contributed by atoms with Crippen molar-refractivity contribution in [3.05, 3.63) is 79.9 Å². The lowest BCUT2D eigenvalue weighted by Gasteiger charge is -2.38. The summed E-state index contributed by atoms with van der Waals surface area (Å²) in [6.45, 7) is 11.1. The van der Waals surface area contributed by atoms with Crippen LogP contribution in [-0.4, -0.2) is 83.6 Å². The van der Waals surface area contributed by atoms with Gasteiger partial charge >= 0.3 is 12.2 Å². The van der Waals surface area contributed by atoms with E-state index in [-0.39, 0.29) is 79.8 Å². The molecule has 2 aliphatic rings. The van der Waals surface area contributed by atoms with E-state index in [0.717, 1.165) is 0 Å². The van der Waals surface area contributed by atoms with Crippen LogP contribution < -0.4 is 0 Å².